The number of amides is 2. The largest absolute Gasteiger partial charge is 0.480 e. The molecular weight excluding hydrogens is 272 g/mol. The van der Waals surface area contributed by atoms with Crippen LogP contribution in [0.3, 0.4) is 0 Å². The van der Waals surface area contributed by atoms with Gasteiger partial charge >= 0.3 is 12.0 Å². The molecule has 0 spiro atoms. The molecule has 0 aromatic rings. The van der Waals surface area contributed by atoms with Crippen LogP contribution < -0.4 is 0 Å². The van der Waals surface area contributed by atoms with Gasteiger partial charge in [0.05, 0.1) is 18.2 Å². The Balaban J connectivity index is 2.11. The van der Waals surface area contributed by atoms with Gasteiger partial charge in [-0.05, 0) is 33.6 Å². The van der Waals surface area contributed by atoms with Crippen molar-refractivity contribution < 1.29 is 19.4 Å². The normalized spacial score (nSPS) is 25.9. The van der Waals surface area contributed by atoms with Gasteiger partial charge in [0, 0.05) is 12.6 Å². The molecule has 1 aliphatic heterocycles. The van der Waals surface area contributed by atoms with Gasteiger partial charge in [-0.2, -0.15) is 0 Å². The number of carbonyl (C=O) groups excluding carboxylic acids is 1. The molecule has 0 aromatic carbocycles. The number of hydrogen-bond donors (Lipinski definition) is 1. The standard InChI is InChI=1S/C15H26N2O4/c1-11-8-16(10-15(2,3)21-11)14(20)17(9-13(18)19)12-6-4-5-7-12/h11-12H,4-10H2,1-3H3,(H,18,19). The fraction of sp³-hybridized carbons (Fsp3) is 0.867. The summed E-state index contributed by atoms with van der Waals surface area (Å²) in [6.07, 6.45) is 3.91. The fourth-order valence-corrected chi connectivity index (χ4v) is 3.50. The summed E-state index contributed by atoms with van der Waals surface area (Å²) in [6.45, 7) is 6.66. The lowest BCUT2D eigenvalue weighted by molar-refractivity contribution is -0.139. The zero-order valence-electron chi connectivity index (χ0n) is 13.2. The molecule has 2 fully saturated rings. The third kappa shape index (κ3) is 4.09. The molecule has 1 saturated carbocycles. The minimum absolute atomic E-state index is 0.0343. The van der Waals surface area contributed by atoms with E-state index in [1.807, 2.05) is 20.8 Å². The fourth-order valence-electron chi connectivity index (χ4n) is 3.50. The van der Waals surface area contributed by atoms with Gasteiger partial charge in [-0.1, -0.05) is 12.8 Å². The van der Waals surface area contributed by atoms with Gasteiger partial charge in [0.2, 0.25) is 0 Å². The highest BCUT2D eigenvalue weighted by Crippen LogP contribution is 2.27. The van der Waals surface area contributed by atoms with E-state index < -0.39 is 11.6 Å². The number of urea groups is 1. The molecule has 1 N–H and O–H groups in total. The number of aliphatic carboxylic acids is 1. The molecule has 0 aromatic heterocycles. The minimum Gasteiger partial charge on any atom is -0.480 e. The second-order valence-electron chi connectivity index (χ2n) is 6.81. The van der Waals surface area contributed by atoms with Crippen molar-refractivity contribution in [1.29, 1.82) is 0 Å². The molecule has 2 rings (SSSR count). The summed E-state index contributed by atoms with van der Waals surface area (Å²) < 4.78 is 5.81. The number of rotatable bonds is 3. The van der Waals surface area contributed by atoms with Crippen LogP contribution in [-0.2, 0) is 9.53 Å². The topological polar surface area (TPSA) is 70.1 Å². The first kappa shape index (κ1) is 16.1. The Bertz CT molecular complexity index is 404. The molecule has 1 atom stereocenters. The molecule has 2 aliphatic rings. The van der Waals surface area contributed by atoms with Crippen molar-refractivity contribution in [3.63, 3.8) is 0 Å². The summed E-state index contributed by atoms with van der Waals surface area (Å²) in [5, 5.41) is 9.11. The van der Waals surface area contributed by atoms with Crippen molar-refractivity contribution in [3.8, 4) is 0 Å². The summed E-state index contributed by atoms with van der Waals surface area (Å²) >= 11 is 0. The molecule has 0 bridgehead atoms. The third-order valence-electron chi connectivity index (χ3n) is 4.16. The van der Waals surface area contributed by atoms with Crippen molar-refractivity contribution in [2.45, 2.75) is 64.2 Å². The van der Waals surface area contributed by atoms with E-state index in [0.29, 0.717) is 13.1 Å². The van der Waals surface area contributed by atoms with Crippen LogP contribution in [0.25, 0.3) is 0 Å². The van der Waals surface area contributed by atoms with E-state index in [0.717, 1.165) is 25.7 Å². The zero-order valence-corrected chi connectivity index (χ0v) is 13.2. The second-order valence-corrected chi connectivity index (χ2v) is 6.81. The lowest BCUT2D eigenvalue weighted by Crippen LogP contribution is -2.58. The number of morpholine rings is 1. The van der Waals surface area contributed by atoms with Crippen molar-refractivity contribution in [2.24, 2.45) is 0 Å². The van der Waals surface area contributed by atoms with Gasteiger partial charge < -0.3 is 19.6 Å². The molecule has 2 amide bonds. The highest BCUT2D eigenvalue weighted by atomic mass is 16.5. The second kappa shape index (κ2) is 6.22. The van der Waals surface area contributed by atoms with Crippen LogP contribution in [0.1, 0.15) is 46.5 Å². The van der Waals surface area contributed by atoms with Crippen LogP contribution in [0, 0.1) is 0 Å². The van der Waals surface area contributed by atoms with Crippen LogP contribution in [0.5, 0.6) is 0 Å². The monoisotopic (exact) mass is 298 g/mol. The van der Waals surface area contributed by atoms with E-state index in [9.17, 15) is 9.59 Å². The van der Waals surface area contributed by atoms with Crippen LogP contribution in [0.2, 0.25) is 0 Å². The predicted octanol–water partition coefficient (Wildman–Crippen LogP) is 1.93. The highest BCUT2D eigenvalue weighted by Gasteiger charge is 2.38. The van der Waals surface area contributed by atoms with Gasteiger partial charge in [0.1, 0.15) is 6.54 Å². The van der Waals surface area contributed by atoms with E-state index in [4.69, 9.17) is 9.84 Å². The van der Waals surface area contributed by atoms with Crippen LogP contribution >= 0.6 is 0 Å². The van der Waals surface area contributed by atoms with Gasteiger partial charge in [0.15, 0.2) is 0 Å². The van der Waals surface area contributed by atoms with Gasteiger partial charge in [0.25, 0.3) is 0 Å². The lowest BCUT2D eigenvalue weighted by atomic mass is 10.1. The molecule has 1 saturated heterocycles. The van der Waals surface area contributed by atoms with Gasteiger partial charge in [-0.15, -0.1) is 0 Å². The summed E-state index contributed by atoms with van der Waals surface area (Å²) in [5.74, 6) is -0.948. The Kier molecular flexibility index (Phi) is 4.76. The molecule has 0 radical (unpaired) electrons. The molecular formula is C15H26N2O4. The van der Waals surface area contributed by atoms with Crippen molar-refractivity contribution in [1.82, 2.24) is 9.80 Å². The number of carboxylic acids is 1. The number of nitrogens with zero attached hydrogens (tertiary/aromatic N) is 2. The summed E-state index contributed by atoms with van der Waals surface area (Å²) in [4.78, 5) is 27.2. The van der Waals surface area contributed by atoms with Crippen LogP contribution in [-0.4, -0.2) is 64.3 Å². The first-order chi connectivity index (χ1) is 9.78. The van der Waals surface area contributed by atoms with Gasteiger partial charge in [-0.25, -0.2) is 4.79 Å². The Morgan fingerprint density at radius 2 is 1.95 bits per heavy atom. The summed E-state index contributed by atoms with van der Waals surface area (Å²) in [5.41, 5.74) is -0.391. The van der Waals surface area contributed by atoms with Crippen LogP contribution in [0.15, 0.2) is 0 Å². The van der Waals surface area contributed by atoms with Crippen molar-refractivity contribution in [2.75, 3.05) is 19.6 Å². The zero-order chi connectivity index (χ0) is 15.6. The number of carbonyl (C=O) groups is 2. The maximum Gasteiger partial charge on any atom is 0.323 e. The average Bonchev–Trinajstić information content (AvgIpc) is 2.85. The molecule has 120 valence electrons. The summed E-state index contributed by atoms with van der Waals surface area (Å²) in [6, 6.07) is -0.0950. The number of hydrogen-bond acceptors (Lipinski definition) is 3. The molecule has 6 heteroatoms. The SMILES string of the molecule is CC1CN(C(=O)N(CC(=O)O)C2CCCC2)CC(C)(C)O1. The Morgan fingerprint density at radius 1 is 1.33 bits per heavy atom. The molecule has 1 unspecified atom stereocenters. The highest BCUT2D eigenvalue weighted by molar-refractivity contribution is 5.80. The molecule has 1 heterocycles. The average molecular weight is 298 g/mol. The van der Waals surface area contributed by atoms with Gasteiger partial charge in [-0.3, -0.25) is 4.79 Å². The Morgan fingerprint density at radius 3 is 2.48 bits per heavy atom. The Labute approximate surface area is 126 Å². The first-order valence-electron chi connectivity index (χ1n) is 7.73. The van der Waals surface area contributed by atoms with E-state index in [2.05, 4.69) is 0 Å². The number of ether oxygens (including phenoxy) is 1. The van der Waals surface area contributed by atoms with Crippen molar-refractivity contribution in [3.05, 3.63) is 0 Å². The van der Waals surface area contributed by atoms with Crippen molar-refractivity contribution >= 4 is 12.0 Å². The quantitative estimate of drug-likeness (QED) is 0.864. The van der Waals surface area contributed by atoms with E-state index in [1.165, 1.54) is 0 Å². The molecule has 21 heavy (non-hydrogen) atoms. The van der Waals surface area contributed by atoms with Crippen LogP contribution in [0.4, 0.5) is 4.79 Å². The maximum absolute atomic E-state index is 12.8. The third-order valence-corrected chi connectivity index (χ3v) is 4.16. The van der Waals surface area contributed by atoms with E-state index in [-0.39, 0.29) is 24.7 Å². The molecule has 1 aliphatic carbocycles. The smallest absolute Gasteiger partial charge is 0.323 e. The van der Waals surface area contributed by atoms with E-state index in [1.54, 1.807) is 9.80 Å². The lowest BCUT2D eigenvalue weighted by Gasteiger charge is -2.44. The maximum atomic E-state index is 12.8. The predicted molar refractivity (Wildman–Crippen MR) is 78.2 cm³/mol. The minimum atomic E-state index is -0.948. The Hall–Kier alpha value is -1.30. The molecule has 6 nitrogen and oxygen atoms in total. The van der Waals surface area contributed by atoms with E-state index >= 15 is 0 Å². The summed E-state index contributed by atoms with van der Waals surface area (Å²) in [7, 11) is 0. The number of carboxylic acid groups (broad SMARTS) is 1. The first-order valence-corrected chi connectivity index (χ1v) is 7.73.